The summed E-state index contributed by atoms with van der Waals surface area (Å²) in [5, 5.41) is 0. The molecule has 0 saturated heterocycles. The number of nitrogens with one attached hydrogen (secondary N) is 2. The molecule has 13 nitrogen and oxygen atoms in total. The van der Waals surface area contributed by atoms with Gasteiger partial charge in [0, 0.05) is 20.1 Å². The summed E-state index contributed by atoms with van der Waals surface area (Å²) >= 11 is 0. The molecule has 4 atom stereocenters. The molecule has 0 bridgehead atoms. The Morgan fingerprint density at radius 2 is 1.27 bits per heavy atom. The monoisotopic (exact) mass is 683 g/mol. The van der Waals surface area contributed by atoms with Crippen LogP contribution in [0.2, 0.25) is 0 Å². The molecule has 0 heterocycles. The summed E-state index contributed by atoms with van der Waals surface area (Å²) in [6, 6.07) is 0. The number of carbonyl (C=O) groups excluding carboxylic acids is 3. The number of carbonyl (C=O) groups is 3. The third kappa shape index (κ3) is 7.84. The van der Waals surface area contributed by atoms with E-state index in [-0.39, 0.29) is 43.9 Å². The number of nitrogens with two attached hydrogens (primary N) is 1. The Balaban J connectivity index is 0.000000315. The Hall–Kier alpha value is -2.04. The average Bonchev–Trinajstić information content (AvgIpc) is 3.71. The molecule has 4 saturated carbocycles. The number of allylic oxidation sites excluding steroid dienone is 1. The van der Waals surface area contributed by atoms with Crippen LogP contribution in [-0.2, 0) is 48.6 Å². The maximum Gasteiger partial charge on any atom is 0.307 e. The van der Waals surface area contributed by atoms with Gasteiger partial charge in [-0.15, -0.1) is 25.6 Å². The van der Waals surface area contributed by atoms with Crippen molar-refractivity contribution < 1.29 is 45.4 Å². The Kier molecular flexibility index (Phi) is 11.3. The van der Waals surface area contributed by atoms with E-state index in [4.69, 9.17) is 19.9 Å². The Morgan fingerprint density at radius 1 is 0.841 bits per heavy atom. The van der Waals surface area contributed by atoms with Crippen molar-refractivity contribution in [2.24, 2.45) is 23.0 Å². The molecular weight excluding hydrogens is 638 g/mol. The van der Waals surface area contributed by atoms with Crippen LogP contribution in [0.3, 0.4) is 0 Å². The average molecular weight is 684 g/mol. The van der Waals surface area contributed by atoms with E-state index >= 15 is 0 Å². The second-order valence-electron chi connectivity index (χ2n) is 13.2. The number of hydrogen-bond acceptors (Lipinski definition) is 11. The molecule has 16 heteroatoms. The van der Waals surface area contributed by atoms with E-state index < -0.39 is 63.9 Å². The van der Waals surface area contributed by atoms with Gasteiger partial charge in [0.1, 0.15) is 20.6 Å². The molecule has 4 fully saturated rings. The van der Waals surface area contributed by atoms with Gasteiger partial charge in [0.2, 0.25) is 26.0 Å². The van der Waals surface area contributed by atoms with Crippen molar-refractivity contribution in [2.75, 3.05) is 27.4 Å². The van der Waals surface area contributed by atoms with Gasteiger partial charge in [0.15, 0.2) is 0 Å². The van der Waals surface area contributed by atoms with Gasteiger partial charge in [-0.05, 0) is 65.2 Å². The molecule has 0 spiro atoms. The third-order valence-corrected chi connectivity index (χ3v) is 12.8. The predicted molar refractivity (Wildman–Crippen MR) is 165 cm³/mol. The van der Waals surface area contributed by atoms with Gasteiger partial charge in [-0.3, -0.25) is 23.8 Å². The lowest BCUT2D eigenvalue weighted by Gasteiger charge is -2.23. The maximum atomic E-state index is 12.7. The summed E-state index contributed by atoms with van der Waals surface area (Å²) < 4.78 is 66.7. The molecule has 252 valence electrons. The first-order valence-electron chi connectivity index (χ1n) is 14.1. The molecule has 4 N–H and O–H groups in total. The smallest absolute Gasteiger partial charge is 0.307 e. The number of ether oxygens (including phenoxy) is 3. The Bertz CT molecular complexity index is 1370. The fraction of sp³-hybridized carbons (Fsp3) is 0.750. The zero-order valence-electron chi connectivity index (χ0n) is 26.0. The molecule has 4 aliphatic rings. The van der Waals surface area contributed by atoms with Crippen molar-refractivity contribution in [1.82, 2.24) is 9.44 Å². The number of halogens is 1. The number of esters is 1. The summed E-state index contributed by atoms with van der Waals surface area (Å²) in [7, 11) is -4.72. The lowest BCUT2D eigenvalue weighted by atomic mass is 9.98. The van der Waals surface area contributed by atoms with E-state index in [1.54, 1.807) is 32.9 Å². The highest BCUT2D eigenvalue weighted by Crippen LogP contribution is 2.57. The molecular formula is C28H46ClN3O10S2. The van der Waals surface area contributed by atoms with Crippen LogP contribution in [-0.4, -0.2) is 82.7 Å². The number of rotatable bonds is 14. The van der Waals surface area contributed by atoms with E-state index in [2.05, 4.69) is 22.6 Å². The zero-order valence-corrected chi connectivity index (χ0v) is 28.4. The quantitative estimate of drug-likeness (QED) is 0.177. The summed E-state index contributed by atoms with van der Waals surface area (Å²) in [6.45, 7) is 12.6. The van der Waals surface area contributed by atoms with Gasteiger partial charge in [-0.2, -0.15) is 0 Å². The van der Waals surface area contributed by atoms with Gasteiger partial charge >= 0.3 is 5.97 Å². The highest BCUT2D eigenvalue weighted by molar-refractivity contribution is 7.92. The highest BCUT2D eigenvalue weighted by Gasteiger charge is 2.63. The van der Waals surface area contributed by atoms with Crippen LogP contribution in [0, 0.1) is 17.3 Å². The molecule has 0 aliphatic heterocycles. The van der Waals surface area contributed by atoms with E-state index in [0.29, 0.717) is 38.5 Å². The molecule has 0 aromatic heterocycles. The lowest BCUT2D eigenvalue weighted by Crippen LogP contribution is -2.50. The summed E-state index contributed by atoms with van der Waals surface area (Å²) in [5.74, 6) is -2.22. The van der Waals surface area contributed by atoms with Crippen LogP contribution in [0.1, 0.15) is 65.7 Å². The minimum Gasteiger partial charge on any atom is -0.460 e. The minimum absolute atomic E-state index is 0. The van der Waals surface area contributed by atoms with Gasteiger partial charge < -0.3 is 19.9 Å². The molecule has 0 radical (unpaired) electrons. The number of hydrogen-bond donors (Lipinski definition) is 3. The second-order valence-corrected chi connectivity index (χ2v) is 17.3. The summed E-state index contributed by atoms with van der Waals surface area (Å²) in [6.07, 6.45) is 5.73. The number of sulfonamides is 2. The Labute approximate surface area is 266 Å². The number of amides is 2. The molecule has 4 rings (SSSR count). The topological polar surface area (TPSA) is 197 Å². The SMILES string of the molecule is C=C[C@@H]1C[C@]1(CC(=O)OC(C)(C)C)C(=O)NS(=O)(=O)C1(COC)CC1.C=C[C@@H]1C[C@]1(N)C(=O)NS(=O)(=O)C1(COC)CC1.Cl. The largest absolute Gasteiger partial charge is 0.460 e. The lowest BCUT2D eigenvalue weighted by molar-refractivity contribution is -0.158. The van der Waals surface area contributed by atoms with E-state index in [1.165, 1.54) is 14.2 Å². The van der Waals surface area contributed by atoms with Crippen LogP contribution in [0.4, 0.5) is 0 Å². The third-order valence-electron chi connectivity index (χ3n) is 8.54. The van der Waals surface area contributed by atoms with Crippen molar-refractivity contribution >= 4 is 50.2 Å². The minimum atomic E-state index is -3.87. The first-order chi connectivity index (χ1) is 19.7. The van der Waals surface area contributed by atoms with Gasteiger partial charge in [-0.1, -0.05) is 12.2 Å². The fourth-order valence-electron chi connectivity index (χ4n) is 5.13. The van der Waals surface area contributed by atoms with Crippen LogP contribution < -0.4 is 15.2 Å². The van der Waals surface area contributed by atoms with Crippen LogP contribution in [0.25, 0.3) is 0 Å². The van der Waals surface area contributed by atoms with Crippen molar-refractivity contribution in [1.29, 1.82) is 0 Å². The van der Waals surface area contributed by atoms with Gasteiger partial charge in [0.25, 0.3) is 5.91 Å². The van der Waals surface area contributed by atoms with E-state index in [0.717, 1.165) is 0 Å². The van der Waals surface area contributed by atoms with Crippen molar-refractivity contribution in [2.45, 2.75) is 86.4 Å². The first kappa shape index (κ1) is 38.1. The summed E-state index contributed by atoms with van der Waals surface area (Å²) in [4.78, 5) is 36.7. The molecule has 44 heavy (non-hydrogen) atoms. The predicted octanol–water partition coefficient (Wildman–Crippen LogP) is 1.47. The van der Waals surface area contributed by atoms with Gasteiger partial charge in [-0.25, -0.2) is 16.8 Å². The highest BCUT2D eigenvalue weighted by atomic mass is 35.5. The van der Waals surface area contributed by atoms with Crippen molar-refractivity contribution in [3.63, 3.8) is 0 Å². The fourth-order valence-corrected chi connectivity index (χ4v) is 8.26. The normalized spacial score (nSPS) is 28.9. The molecule has 2 amide bonds. The van der Waals surface area contributed by atoms with E-state index in [1.807, 2.05) is 0 Å². The Morgan fingerprint density at radius 3 is 1.59 bits per heavy atom. The van der Waals surface area contributed by atoms with Crippen LogP contribution >= 0.6 is 12.4 Å². The molecule has 4 aliphatic carbocycles. The second kappa shape index (κ2) is 13.0. The summed E-state index contributed by atoms with van der Waals surface area (Å²) in [5.41, 5.74) is 2.93. The zero-order chi connectivity index (χ0) is 32.7. The molecule has 0 unspecified atom stereocenters. The van der Waals surface area contributed by atoms with Crippen molar-refractivity contribution in [3.8, 4) is 0 Å². The molecule has 0 aromatic carbocycles. The van der Waals surface area contributed by atoms with Crippen LogP contribution in [0.5, 0.6) is 0 Å². The first-order valence-corrected chi connectivity index (χ1v) is 17.1. The van der Waals surface area contributed by atoms with Gasteiger partial charge in [0.05, 0.1) is 25.0 Å². The maximum absolute atomic E-state index is 12.7. The van der Waals surface area contributed by atoms with Crippen LogP contribution in [0.15, 0.2) is 25.3 Å². The van der Waals surface area contributed by atoms with E-state index in [9.17, 15) is 31.2 Å². The van der Waals surface area contributed by atoms with Crippen molar-refractivity contribution in [3.05, 3.63) is 25.3 Å². The number of methoxy groups -OCH3 is 2. The standard InChI is InChI=1S/C17H27NO6S.C11H18N2O4S.ClH/c1-6-12-9-17(12,10-13(19)24-15(2,3)4)14(20)18-25(21,22)16(7-8-16)11-23-5;1-3-8-6-11(8,12)9(14)13-18(15,16)10(4-5-10)7-17-2;/h6,12H,1,7-11H2,2-5H3,(H,18,20);3,8H,1,4-7,12H2,2H3,(H,13,14);1H/t12-,17-;8-,11-;/m11./s1. The molecule has 0 aromatic rings.